The van der Waals surface area contributed by atoms with Crippen molar-refractivity contribution in [1.82, 2.24) is 4.90 Å². The van der Waals surface area contributed by atoms with Gasteiger partial charge in [-0.2, -0.15) is 0 Å². The van der Waals surface area contributed by atoms with E-state index in [2.05, 4.69) is 0 Å². The molecule has 2 aromatic rings. The Balaban J connectivity index is 1.88. The van der Waals surface area contributed by atoms with Gasteiger partial charge in [0, 0.05) is 23.7 Å². The van der Waals surface area contributed by atoms with Crippen molar-refractivity contribution in [3.8, 4) is 0 Å². The molecule has 2 amide bonds. The van der Waals surface area contributed by atoms with Crippen LogP contribution in [0.15, 0.2) is 42.1 Å². The molecule has 0 aromatic heterocycles. The van der Waals surface area contributed by atoms with E-state index < -0.39 is 0 Å². The first-order chi connectivity index (χ1) is 13.9. The topological polar surface area (TPSA) is 49.9 Å². The summed E-state index contributed by atoms with van der Waals surface area (Å²) in [6.07, 6.45) is 0. The molecule has 0 N–H and O–H groups in total. The van der Waals surface area contributed by atoms with E-state index in [1.54, 1.807) is 18.2 Å². The number of hydrogen-bond acceptors (Lipinski definition) is 4. The van der Waals surface area contributed by atoms with Crippen molar-refractivity contribution >= 4 is 46.3 Å². The van der Waals surface area contributed by atoms with Gasteiger partial charge in [-0.25, -0.2) is 4.90 Å². The molecule has 0 atom stereocenters. The number of anilines is 1. The van der Waals surface area contributed by atoms with E-state index in [1.807, 2.05) is 36.9 Å². The predicted molar refractivity (Wildman–Crippen MR) is 114 cm³/mol. The number of hydrogen-bond donors (Lipinski definition) is 0. The Morgan fingerprint density at radius 2 is 1.66 bits per heavy atom. The van der Waals surface area contributed by atoms with E-state index in [9.17, 15) is 9.59 Å². The van der Waals surface area contributed by atoms with Crippen LogP contribution in [-0.2, 0) is 14.3 Å². The lowest BCUT2D eigenvalue weighted by Crippen LogP contribution is -2.40. The third-order valence-electron chi connectivity index (χ3n) is 5.18. The number of rotatable bonds is 3. The molecule has 7 heteroatoms. The van der Waals surface area contributed by atoms with E-state index in [0.29, 0.717) is 58.9 Å². The highest BCUT2D eigenvalue weighted by Crippen LogP contribution is 2.39. The Morgan fingerprint density at radius 1 is 0.931 bits per heavy atom. The van der Waals surface area contributed by atoms with Gasteiger partial charge in [-0.3, -0.25) is 9.59 Å². The summed E-state index contributed by atoms with van der Waals surface area (Å²) >= 11 is 12.5. The number of carbonyl (C=O) groups excluding carboxylic acids is 2. The molecule has 29 heavy (non-hydrogen) atoms. The number of imide groups is 1. The highest BCUT2D eigenvalue weighted by molar-refractivity contribution is 6.47. The summed E-state index contributed by atoms with van der Waals surface area (Å²) in [6.45, 7) is 5.92. The molecular weight excluding hydrogens is 411 g/mol. The van der Waals surface area contributed by atoms with E-state index in [-0.39, 0.29) is 11.8 Å². The zero-order valence-corrected chi connectivity index (χ0v) is 17.7. The van der Waals surface area contributed by atoms with Gasteiger partial charge in [0.05, 0.1) is 29.5 Å². The van der Waals surface area contributed by atoms with Crippen molar-refractivity contribution in [1.29, 1.82) is 0 Å². The second kappa shape index (κ2) is 7.82. The Labute approximate surface area is 179 Å². The second-order valence-electron chi connectivity index (χ2n) is 7.18. The van der Waals surface area contributed by atoms with Crippen molar-refractivity contribution in [2.75, 3.05) is 31.2 Å². The quantitative estimate of drug-likeness (QED) is 0.683. The average molecular weight is 431 g/mol. The van der Waals surface area contributed by atoms with Gasteiger partial charge in [0.15, 0.2) is 0 Å². The Hall–Kier alpha value is -2.34. The van der Waals surface area contributed by atoms with Gasteiger partial charge in [-0.05, 0) is 37.6 Å². The summed E-state index contributed by atoms with van der Waals surface area (Å²) in [6, 6.07) is 10.6. The number of amides is 2. The first kappa shape index (κ1) is 20.0. The number of ether oxygens (including phenoxy) is 1. The van der Waals surface area contributed by atoms with E-state index >= 15 is 0 Å². The minimum absolute atomic E-state index is 0.304. The Morgan fingerprint density at radius 3 is 2.31 bits per heavy atom. The smallest absolute Gasteiger partial charge is 0.282 e. The van der Waals surface area contributed by atoms with Crippen LogP contribution in [-0.4, -0.2) is 43.0 Å². The van der Waals surface area contributed by atoms with Gasteiger partial charge < -0.3 is 9.64 Å². The van der Waals surface area contributed by atoms with Crippen LogP contribution >= 0.6 is 23.2 Å². The van der Waals surface area contributed by atoms with Crippen LogP contribution in [0.5, 0.6) is 0 Å². The highest BCUT2D eigenvalue weighted by atomic mass is 35.5. The summed E-state index contributed by atoms with van der Waals surface area (Å²) in [5.74, 6) is -0.725. The largest absolute Gasteiger partial charge is 0.378 e. The molecule has 0 unspecified atom stereocenters. The molecule has 2 heterocycles. The summed E-state index contributed by atoms with van der Waals surface area (Å²) < 4.78 is 5.43. The van der Waals surface area contributed by atoms with Gasteiger partial charge in [0.25, 0.3) is 11.8 Å². The molecule has 4 rings (SSSR count). The third-order valence-corrected chi connectivity index (χ3v) is 5.73. The van der Waals surface area contributed by atoms with Crippen LogP contribution < -0.4 is 4.90 Å². The molecule has 2 aliphatic rings. The number of carbonyl (C=O) groups is 2. The molecule has 0 saturated carbocycles. The van der Waals surface area contributed by atoms with Crippen molar-refractivity contribution in [3.05, 3.63) is 68.8 Å². The van der Waals surface area contributed by atoms with E-state index in [0.717, 1.165) is 11.1 Å². The van der Waals surface area contributed by atoms with Gasteiger partial charge in [-0.15, -0.1) is 0 Å². The molecule has 1 saturated heterocycles. The number of benzene rings is 2. The van der Waals surface area contributed by atoms with Crippen LogP contribution in [0, 0.1) is 13.8 Å². The van der Waals surface area contributed by atoms with Gasteiger partial charge in [0.2, 0.25) is 0 Å². The summed E-state index contributed by atoms with van der Waals surface area (Å²) in [7, 11) is 0. The van der Waals surface area contributed by atoms with Crippen LogP contribution in [0.3, 0.4) is 0 Å². The lowest BCUT2D eigenvalue weighted by molar-refractivity contribution is -0.121. The van der Waals surface area contributed by atoms with E-state index in [1.165, 1.54) is 4.90 Å². The zero-order chi connectivity index (χ0) is 20.7. The standard InChI is InChI=1S/C22H20Cl2N2O3/c1-13-3-6-18(14(2)11-13)26-21(27)19(16-5-4-15(23)12-17(16)24)20(22(26)28)25-7-9-29-10-8-25/h3-6,11-12H,7-10H2,1-2H3. The fraction of sp³-hybridized carbons (Fsp3) is 0.273. The average Bonchev–Trinajstić information content (AvgIpc) is 2.93. The lowest BCUT2D eigenvalue weighted by atomic mass is 10.0. The molecule has 150 valence electrons. The summed E-state index contributed by atoms with van der Waals surface area (Å²) in [5, 5.41) is 0.803. The fourth-order valence-electron chi connectivity index (χ4n) is 3.81. The van der Waals surface area contributed by atoms with Crippen molar-refractivity contribution in [3.63, 3.8) is 0 Å². The molecule has 5 nitrogen and oxygen atoms in total. The van der Waals surface area contributed by atoms with Gasteiger partial charge in [0.1, 0.15) is 5.70 Å². The SMILES string of the molecule is Cc1ccc(N2C(=O)C(c3ccc(Cl)cc3Cl)=C(N3CCOCC3)C2=O)c(C)c1. The Kier molecular flexibility index (Phi) is 5.38. The molecule has 0 radical (unpaired) electrons. The van der Waals surface area contributed by atoms with Gasteiger partial charge in [-0.1, -0.05) is 47.0 Å². The number of nitrogens with zero attached hydrogens (tertiary/aromatic N) is 2. The van der Waals surface area contributed by atoms with Gasteiger partial charge >= 0.3 is 0 Å². The van der Waals surface area contributed by atoms with Crippen LogP contribution in [0.1, 0.15) is 16.7 Å². The van der Waals surface area contributed by atoms with E-state index in [4.69, 9.17) is 27.9 Å². The Bertz CT molecular complexity index is 1040. The second-order valence-corrected chi connectivity index (χ2v) is 8.03. The minimum Gasteiger partial charge on any atom is -0.378 e. The molecule has 2 aliphatic heterocycles. The highest BCUT2D eigenvalue weighted by Gasteiger charge is 2.43. The maximum absolute atomic E-state index is 13.5. The predicted octanol–water partition coefficient (Wildman–Crippen LogP) is 4.23. The van der Waals surface area contributed by atoms with Crippen molar-refractivity contribution in [2.24, 2.45) is 0 Å². The molecular formula is C22H20Cl2N2O3. The molecule has 0 spiro atoms. The number of morpholine rings is 1. The van der Waals surface area contributed by atoms with Crippen molar-refractivity contribution in [2.45, 2.75) is 13.8 Å². The first-order valence-electron chi connectivity index (χ1n) is 9.37. The zero-order valence-electron chi connectivity index (χ0n) is 16.2. The number of aryl methyl sites for hydroxylation is 2. The van der Waals surface area contributed by atoms with Crippen LogP contribution in [0.4, 0.5) is 5.69 Å². The maximum Gasteiger partial charge on any atom is 0.282 e. The third kappa shape index (κ3) is 3.54. The monoisotopic (exact) mass is 430 g/mol. The van der Waals surface area contributed by atoms with Crippen LogP contribution in [0.2, 0.25) is 10.0 Å². The maximum atomic E-state index is 13.5. The van der Waals surface area contributed by atoms with Crippen molar-refractivity contribution < 1.29 is 14.3 Å². The minimum atomic E-state index is -0.382. The first-order valence-corrected chi connectivity index (χ1v) is 10.1. The fourth-order valence-corrected chi connectivity index (χ4v) is 4.31. The summed E-state index contributed by atoms with van der Waals surface area (Å²) in [4.78, 5) is 30.2. The number of halogens is 2. The van der Waals surface area contributed by atoms with Crippen LogP contribution in [0.25, 0.3) is 5.57 Å². The molecule has 2 aromatic carbocycles. The molecule has 0 bridgehead atoms. The lowest BCUT2D eigenvalue weighted by Gasteiger charge is -2.29. The molecule has 0 aliphatic carbocycles. The summed E-state index contributed by atoms with van der Waals surface area (Å²) in [5.41, 5.74) is 3.67. The molecule has 1 fully saturated rings. The normalized spacial score (nSPS) is 17.5.